The van der Waals surface area contributed by atoms with Crippen molar-refractivity contribution in [2.24, 2.45) is 0 Å². The lowest BCUT2D eigenvalue weighted by Crippen LogP contribution is -1.94. The van der Waals surface area contributed by atoms with E-state index in [0.29, 0.717) is 5.69 Å². The van der Waals surface area contributed by atoms with Gasteiger partial charge in [0.05, 0.1) is 12.8 Å². The molecule has 0 spiro atoms. The van der Waals surface area contributed by atoms with Gasteiger partial charge in [-0.05, 0) is 51.9 Å². The molecule has 0 bridgehead atoms. The first-order chi connectivity index (χ1) is 10.8. The third-order valence-electron chi connectivity index (χ3n) is 4.40. The van der Waals surface area contributed by atoms with Gasteiger partial charge in [0.1, 0.15) is 5.75 Å². The summed E-state index contributed by atoms with van der Waals surface area (Å²) in [6.45, 7) is 0. The summed E-state index contributed by atoms with van der Waals surface area (Å²) in [6, 6.07) is 21.1. The minimum Gasteiger partial charge on any atom is -0.495 e. The number of nitrogens with two attached hydrogens (primary N) is 1. The van der Waals surface area contributed by atoms with Crippen molar-refractivity contribution in [3.05, 3.63) is 71.8 Å². The molecule has 2 N–H and O–H groups in total. The summed E-state index contributed by atoms with van der Waals surface area (Å²) in [5.41, 5.74) is 14.5. The molecule has 0 aliphatic heterocycles. The second-order valence-corrected chi connectivity index (χ2v) is 5.62. The first-order valence-electron chi connectivity index (χ1n) is 7.42. The number of nitrogen functional groups attached to an aromatic ring is 1. The molecule has 1 aliphatic carbocycles. The summed E-state index contributed by atoms with van der Waals surface area (Å²) in [5, 5.41) is 0. The number of ether oxygens (including phenoxy) is 1. The van der Waals surface area contributed by atoms with Crippen LogP contribution in [0.1, 0.15) is 11.1 Å². The molecule has 1 aliphatic rings. The summed E-state index contributed by atoms with van der Waals surface area (Å²) in [4.78, 5) is 0. The van der Waals surface area contributed by atoms with Crippen LogP contribution in [-0.4, -0.2) is 7.11 Å². The van der Waals surface area contributed by atoms with Gasteiger partial charge in [0.25, 0.3) is 0 Å². The monoisotopic (exact) mass is 287 g/mol. The van der Waals surface area contributed by atoms with Gasteiger partial charge in [-0.1, -0.05) is 48.5 Å². The summed E-state index contributed by atoms with van der Waals surface area (Å²) in [7, 11) is 1.65. The van der Waals surface area contributed by atoms with Crippen LogP contribution in [0, 0.1) is 0 Å². The molecule has 0 heterocycles. The molecule has 0 atom stereocenters. The van der Waals surface area contributed by atoms with E-state index in [1.54, 1.807) is 7.11 Å². The lowest BCUT2D eigenvalue weighted by atomic mass is 9.95. The van der Waals surface area contributed by atoms with Gasteiger partial charge in [-0.15, -0.1) is 0 Å². The van der Waals surface area contributed by atoms with Gasteiger partial charge in [-0.3, -0.25) is 0 Å². The van der Waals surface area contributed by atoms with Gasteiger partial charge >= 0.3 is 0 Å². The van der Waals surface area contributed by atoms with Crippen LogP contribution < -0.4 is 10.5 Å². The zero-order valence-electron chi connectivity index (χ0n) is 12.5. The summed E-state index contributed by atoms with van der Waals surface area (Å²) in [6.07, 6.45) is 0.981. The molecule has 2 nitrogen and oxygen atoms in total. The number of methoxy groups -OCH3 is 1. The highest BCUT2D eigenvalue weighted by Crippen LogP contribution is 2.42. The molecule has 0 saturated heterocycles. The van der Waals surface area contributed by atoms with Crippen molar-refractivity contribution in [1.29, 1.82) is 0 Å². The first kappa shape index (κ1) is 13.0. The van der Waals surface area contributed by atoms with Crippen molar-refractivity contribution in [1.82, 2.24) is 0 Å². The largest absolute Gasteiger partial charge is 0.495 e. The molecule has 0 saturated carbocycles. The van der Waals surface area contributed by atoms with Gasteiger partial charge in [-0.25, -0.2) is 0 Å². The average Bonchev–Trinajstić information content (AvgIpc) is 2.94. The van der Waals surface area contributed by atoms with Crippen LogP contribution >= 0.6 is 0 Å². The van der Waals surface area contributed by atoms with Crippen molar-refractivity contribution in [3.63, 3.8) is 0 Å². The Hall–Kier alpha value is -2.74. The highest BCUT2D eigenvalue weighted by atomic mass is 16.5. The van der Waals surface area contributed by atoms with Gasteiger partial charge < -0.3 is 10.5 Å². The molecule has 22 heavy (non-hydrogen) atoms. The fraction of sp³-hybridized carbons (Fsp3) is 0.100. The molecule has 4 rings (SSSR count). The van der Waals surface area contributed by atoms with Gasteiger partial charge in [0, 0.05) is 0 Å². The van der Waals surface area contributed by atoms with Crippen LogP contribution in [0.2, 0.25) is 0 Å². The first-order valence-corrected chi connectivity index (χ1v) is 7.42. The molecule has 0 amide bonds. The molecule has 0 aromatic heterocycles. The van der Waals surface area contributed by atoms with E-state index in [0.717, 1.165) is 17.7 Å². The Morgan fingerprint density at radius 1 is 0.864 bits per heavy atom. The number of rotatable bonds is 2. The maximum Gasteiger partial charge on any atom is 0.142 e. The summed E-state index contributed by atoms with van der Waals surface area (Å²) >= 11 is 0. The number of fused-ring (bicyclic) bond motifs is 3. The minimum atomic E-state index is 0.669. The Kier molecular flexibility index (Phi) is 2.90. The van der Waals surface area contributed by atoms with Crippen molar-refractivity contribution in [3.8, 4) is 28.0 Å². The number of hydrogen-bond acceptors (Lipinski definition) is 2. The van der Waals surface area contributed by atoms with E-state index < -0.39 is 0 Å². The standard InChI is InChI=1S/C20H17NO/c1-22-20-12-14(9-10-19(20)21)16-7-4-8-17-15-6-3-2-5-13(15)11-18(16)17/h2-10,12H,11,21H2,1H3. The number of hydrogen-bond donors (Lipinski definition) is 1. The molecule has 0 unspecified atom stereocenters. The van der Waals surface area contributed by atoms with E-state index >= 15 is 0 Å². The average molecular weight is 287 g/mol. The topological polar surface area (TPSA) is 35.2 Å². The fourth-order valence-electron chi connectivity index (χ4n) is 3.31. The molecular formula is C20H17NO. The zero-order valence-corrected chi connectivity index (χ0v) is 12.5. The Morgan fingerprint density at radius 2 is 1.64 bits per heavy atom. The van der Waals surface area contributed by atoms with Crippen LogP contribution in [0.15, 0.2) is 60.7 Å². The summed E-state index contributed by atoms with van der Waals surface area (Å²) in [5.74, 6) is 0.727. The Balaban J connectivity index is 1.89. The lowest BCUT2D eigenvalue weighted by Gasteiger charge is -2.11. The summed E-state index contributed by atoms with van der Waals surface area (Å²) < 4.78 is 5.36. The maximum atomic E-state index is 5.93. The molecule has 3 aromatic rings. The van der Waals surface area contributed by atoms with Crippen molar-refractivity contribution >= 4 is 5.69 Å². The SMILES string of the molecule is COc1cc(-c2cccc3c2Cc2ccccc2-3)ccc1N. The maximum absolute atomic E-state index is 5.93. The Morgan fingerprint density at radius 3 is 2.50 bits per heavy atom. The highest BCUT2D eigenvalue weighted by Gasteiger charge is 2.21. The Labute approximate surface area is 130 Å². The second-order valence-electron chi connectivity index (χ2n) is 5.62. The van der Waals surface area contributed by atoms with Crippen LogP contribution in [0.4, 0.5) is 5.69 Å². The third-order valence-corrected chi connectivity index (χ3v) is 4.40. The highest BCUT2D eigenvalue weighted by molar-refractivity contribution is 5.85. The second kappa shape index (κ2) is 4.92. The van der Waals surface area contributed by atoms with E-state index in [1.165, 1.54) is 27.8 Å². The quantitative estimate of drug-likeness (QED) is 0.550. The third kappa shape index (κ3) is 1.88. The normalized spacial score (nSPS) is 11.9. The molecule has 0 radical (unpaired) electrons. The molecule has 2 heteroatoms. The smallest absolute Gasteiger partial charge is 0.142 e. The van der Waals surface area contributed by atoms with Crippen molar-refractivity contribution < 1.29 is 4.74 Å². The van der Waals surface area contributed by atoms with Crippen molar-refractivity contribution in [2.75, 3.05) is 12.8 Å². The van der Waals surface area contributed by atoms with Crippen molar-refractivity contribution in [2.45, 2.75) is 6.42 Å². The van der Waals surface area contributed by atoms with Gasteiger partial charge in [-0.2, -0.15) is 0 Å². The minimum absolute atomic E-state index is 0.669. The Bertz CT molecular complexity index is 867. The molecular weight excluding hydrogens is 270 g/mol. The van der Waals surface area contributed by atoms with Crippen LogP contribution in [0.5, 0.6) is 5.75 Å². The fourth-order valence-corrected chi connectivity index (χ4v) is 3.31. The van der Waals surface area contributed by atoms with E-state index in [4.69, 9.17) is 10.5 Å². The van der Waals surface area contributed by atoms with Crippen LogP contribution in [0.25, 0.3) is 22.3 Å². The number of anilines is 1. The molecule has 0 fully saturated rings. The van der Waals surface area contributed by atoms with Crippen LogP contribution in [0.3, 0.4) is 0 Å². The molecule has 108 valence electrons. The van der Waals surface area contributed by atoms with E-state index in [1.807, 2.05) is 12.1 Å². The number of benzene rings is 3. The van der Waals surface area contributed by atoms with E-state index in [-0.39, 0.29) is 0 Å². The lowest BCUT2D eigenvalue weighted by molar-refractivity contribution is 0.417. The van der Waals surface area contributed by atoms with E-state index in [2.05, 4.69) is 48.5 Å². The van der Waals surface area contributed by atoms with Gasteiger partial charge in [0.15, 0.2) is 0 Å². The zero-order chi connectivity index (χ0) is 15.1. The van der Waals surface area contributed by atoms with Crippen LogP contribution in [-0.2, 0) is 6.42 Å². The van der Waals surface area contributed by atoms with E-state index in [9.17, 15) is 0 Å². The molecule has 3 aromatic carbocycles. The predicted octanol–water partition coefficient (Wildman–Crippen LogP) is 4.52. The van der Waals surface area contributed by atoms with Gasteiger partial charge in [0.2, 0.25) is 0 Å². The predicted molar refractivity (Wildman–Crippen MR) is 91.1 cm³/mol.